The number of hydrogen-bond donors (Lipinski definition) is 3. The van der Waals surface area contributed by atoms with Crippen molar-refractivity contribution in [2.75, 3.05) is 39.6 Å². The van der Waals surface area contributed by atoms with Gasteiger partial charge in [0.1, 0.15) is 19.3 Å². The van der Waals surface area contributed by atoms with Gasteiger partial charge in [-0.05, 0) is 51.4 Å². The van der Waals surface area contributed by atoms with Crippen LogP contribution in [0.2, 0.25) is 0 Å². The fraction of sp³-hybridized carbons (Fsp3) is 0.918. The number of carbonyl (C=O) groups is 4. The highest BCUT2D eigenvalue weighted by Gasteiger charge is 2.30. The van der Waals surface area contributed by atoms with Crippen LogP contribution in [-0.2, 0) is 65.4 Å². The van der Waals surface area contributed by atoms with Gasteiger partial charge in [0, 0.05) is 25.7 Å². The quantitative estimate of drug-likeness (QED) is 0.0169. The molecule has 0 aliphatic heterocycles. The highest BCUT2D eigenvalue weighted by molar-refractivity contribution is 7.47. The van der Waals surface area contributed by atoms with Gasteiger partial charge in [0.15, 0.2) is 12.2 Å². The minimum Gasteiger partial charge on any atom is -0.462 e. The minimum atomic E-state index is -4.96. The Balaban J connectivity index is 5.27. The van der Waals surface area contributed by atoms with Crippen molar-refractivity contribution >= 4 is 39.5 Å². The van der Waals surface area contributed by atoms with Crippen LogP contribution < -0.4 is 0 Å². The Morgan fingerprint density at radius 2 is 0.500 bits per heavy atom. The molecule has 0 bridgehead atoms. The molecule has 0 amide bonds. The van der Waals surface area contributed by atoms with Crippen LogP contribution in [-0.4, -0.2) is 96.7 Å². The highest BCUT2D eigenvalue weighted by Crippen LogP contribution is 2.45. The molecule has 0 aromatic heterocycles. The number of aliphatic hydroxyl groups is 1. The van der Waals surface area contributed by atoms with E-state index in [1.807, 2.05) is 0 Å². The first-order valence-electron chi connectivity index (χ1n) is 37.9. The Labute approximate surface area is 561 Å². The van der Waals surface area contributed by atoms with Crippen LogP contribution in [0.1, 0.15) is 374 Å². The summed E-state index contributed by atoms with van der Waals surface area (Å²) in [6, 6.07) is 0. The van der Waals surface area contributed by atoms with Gasteiger partial charge in [0.05, 0.1) is 26.4 Å². The zero-order chi connectivity index (χ0) is 67.5. The molecule has 0 fully saturated rings. The normalized spacial score (nSPS) is 14.0. The Morgan fingerprint density at radius 3 is 0.761 bits per heavy atom. The van der Waals surface area contributed by atoms with Gasteiger partial charge in [-0.15, -0.1) is 0 Å². The van der Waals surface area contributed by atoms with Crippen LogP contribution >= 0.6 is 15.6 Å². The molecule has 5 atom stereocenters. The molecule has 5 unspecified atom stereocenters. The van der Waals surface area contributed by atoms with Crippen LogP contribution in [0.25, 0.3) is 0 Å². The number of aliphatic hydroxyl groups excluding tert-OH is 1. The molecule has 0 rings (SSSR count). The number of phosphoric acid groups is 2. The van der Waals surface area contributed by atoms with Gasteiger partial charge in [-0.25, -0.2) is 9.13 Å². The second-order valence-electron chi connectivity index (χ2n) is 26.0. The van der Waals surface area contributed by atoms with Gasteiger partial charge >= 0.3 is 39.5 Å². The summed E-state index contributed by atoms with van der Waals surface area (Å²) >= 11 is 0. The summed E-state index contributed by atoms with van der Waals surface area (Å²) < 4.78 is 68.4. The number of phosphoric ester groups is 2. The lowest BCUT2D eigenvalue weighted by atomic mass is 10.0. The second-order valence-corrected chi connectivity index (χ2v) is 28.9. The van der Waals surface area contributed by atoms with Crippen LogP contribution in [0, 0.1) is 0 Å². The molecule has 544 valence electrons. The van der Waals surface area contributed by atoms with E-state index in [4.69, 9.17) is 37.0 Å². The molecule has 0 saturated carbocycles. The third-order valence-corrected chi connectivity index (χ3v) is 18.7. The lowest BCUT2D eigenvalue weighted by Crippen LogP contribution is -2.30. The van der Waals surface area contributed by atoms with Gasteiger partial charge in [-0.1, -0.05) is 310 Å². The number of hydrogen-bond acceptors (Lipinski definition) is 15. The van der Waals surface area contributed by atoms with Gasteiger partial charge in [-0.2, -0.15) is 0 Å². The Hall–Kier alpha value is -2.20. The molecule has 0 aromatic rings. The fourth-order valence-electron chi connectivity index (χ4n) is 10.9. The molecular weight excluding hydrogens is 1210 g/mol. The molecule has 0 radical (unpaired) electrons. The summed E-state index contributed by atoms with van der Waals surface area (Å²) in [6.45, 7) is 4.94. The molecule has 0 aliphatic carbocycles. The lowest BCUT2D eigenvalue weighted by Gasteiger charge is -2.21. The fourth-order valence-corrected chi connectivity index (χ4v) is 12.5. The van der Waals surface area contributed by atoms with Gasteiger partial charge in [0.2, 0.25) is 0 Å². The summed E-state index contributed by atoms with van der Waals surface area (Å²) in [5.74, 6) is -2.13. The monoisotopic (exact) mass is 1350 g/mol. The molecular formula is C73H140O17P2. The Morgan fingerprint density at radius 1 is 0.293 bits per heavy atom. The minimum absolute atomic E-state index is 0.104. The molecule has 19 heteroatoms. The van der Waals surface area contributed by atoms with Crippen molar-refractivity contribution in [3.05, 3.63) is 12.2 Å². The second kappa shape index (κ2) is 67.4. The smallest absolute Gasteiger partial charge is 0.462 e. The molecule has 17 nitrogen and oxygen atoms in total. The van der Waals surface area contributed by atoms with Crippen molar-refractivity contribution in [2.24, 2.45) is 0 Å². The van der Waals surface area contributed by atoms with E-state index in [1.54, 1.807) is 0 Å². The van der Waals surface area contributed by atoms with E-state index < -0.39 is 97.5 Å². The zero-order valence-corrected chi connectivity index (χ0v) is 61.1. The van der Waals surface area contributed by atoms with Crippen molar-refractivity contribution < 1.29 is 80.2 Å². The molecule has 0 aromatic carbocycles. The van der Waals surface area contributed by atoms with Crippen LogP contribution in [0.4, 0.5) is 0 Å². The number of unbranched alkanes of at least 4 members (excludes halogenated alkanes) is 45. The van der Waals surface area contributed by atoms with Gasteiger partial charge in [-0.3, -0.25) is 37.3 Å². The first-order valence-corrected chi connectivity index (χ1v) is 40.9. The summed E-state index contributed by atoms with van der Waals surface area (Å²) in [7, 11) is -9.91. The predicted octanol–water partition coefficient (Wildman–Crippen LogP) is 21.2. The van der Waals surface area contributed by atoms with E-state index in [1.165, 1.54) is 186 Å². The summed E-state index contributed by atoms with van der Waals surface area (Å²) in [4.78, 5) is 72.7. The van der Waals surface area contributed by atoms with Crippen molar-refractivity contribution in [1.29, 1.82) is 0 Å². The Kier molecular flexibility index (Phi) is 65.8. The number of esters is 4. The number of rotatable bonds is 73. The Bertz CT molecular complexity index is 1800. The van der Waals surface area contributed by atoms with Crippen molar-refractivity contribution in [3.63, 3.8) is 0 Å². The van der Waals surface area contributed by atoms with E-state index in [2.05, 4.69) is 39.8 Å². The van der Waals surface area contributed by atoms with E-state index >= 15 is 0 Å². The van der Waals surface area contributed by atoms with Crippen LogP contribution in [0.3, 0.4) is 0 Å². The zero-order valence-electron chi connectivity index (χ0n) is 59.3. The van der Waals surface area contributed by atoms with Crippen molar-refractivity contribution in [1.82, 2.24) is 0 Å². The maximum Gasteiger partial charge on any atom is 0.472 e. The molecule has 92 heavy (non-hydrogen) atoms. The molecule has 3 N–H and O–H groups in total. The summed E-state index contributed by atoms with van der Waals surface area (Å²) in [6.07, 6.45) is 57.7. The average Bonchev–Trinajstić information content (AvgIpc) is 3.63. The maximum atomic E-state index is 13.0. The largest absolute Gasteiger partial charge is 0.472 e. The third kappa shape index (κ3) is 66.4. The summed E-state index contributed by atoms with van der Waals surface area (Å²) in [5.41, 5.74) is 0. The number of allylic oxidation sites excluding steroid dienone is 2. The number of ether oxygens (including phenoxy) is 4. The van der Waals surface area contributed by atoms with Crippen LogP contribution in [0.5, 0.6) is 0 Å². The van der Waals surface area contributed by atoms with E-state index in [0.29, 0.717) is 25.7 Å². The topological polar surface area (TPSA) is 237 Å². The molecule has 0 saturated heterocycles. The van der Waals surface area contributed by atoms with Gasteiger partial charge in [0.25, 0.3) is 0 Å². The highest BCUT2D eigenvalue weighted by atomic mass is 31.2. The van der Waals surface area contributed by atoms with E-state index in [9.17, 15) is 43.2 Å². The van der Waals surface area contributed by atoms with E-state index in [0.717, 1.165) is 109 Å². The first kappa shape index (κ1) is 89.8. The van der Waals surface area contributed by atoms with Crippen molar-refractivity contribution in [2.45, 2.75) is 393 Å². The SMILES string of the molecule is CCCCCC/C=C\CCCCCCCC(=O)OCC(COP(=O)(O)OCC(O)COP(=O)(O)OCC(COC(=O)CCCCCCCCCCCCCCC)OC(=O)CCCCCCCCCCCCCCC)OC(=O)CCCCCCCCCCCCCCC. The van der Waals surface area contributed by atoms with Crippen molar-refractivity contribution in [3.8, 4) is 0 Å². The van der Waals surface area contributed by atoms with E-state index in [-0.39, 0.29) is 25.7 Å². The molecule has 0 aliphatic rings. The predicted molar refractivity (Wildman–Crippen MR) is 372 cm³/mol. The summed E-state index contributed by atoms with van der Waals surface area (Å²) in [5, 5.41) is 10.6. The average molecular weight is 1350 g/mol. The lowest BCUT2D eigenvalue weighted by molar-refractivity contribution is -0.161. The molecule has 0 heterocycles. The van der Waals surface area contributed by atoms with Crippen LogP contribution in [0.15, 0.2) is 12.2 Å². The number of carbonyl (C=O) groups excluding carboxylic acids is 4. The third-order valence-electron chi connectivity index (χ3n) is 16.8. The maximum absolute atomic E-state index is 13.0. The molecule has 0 spiro atoms. The standard InChI is InChI=1S/C73H140O17P2/c1-5-9-13-17-21-25-29-33-37-41-45-49-53-57-70(75)83-63-68(89-72(77)59-55-51-47-43-39-35-31-27-23-19-15-11-7-3)65-87-91(79,80)85-61-67(74)62-86-92(81,82)88-66-69(90-73(78)60-56-52-48-44-40-36-32-28-24-20-16-12-8-4)64-84-71(76)58-54-50-46-42-38-34-30-26-22-18-14-10-6-2/h25,29,67-69,74H,5-24,26-28,30-66H2,1-4H3,(H,79,80)(H,81,82)/b29-25-. The van der Waals surface area contributed by atoms with Gasteiger partial charge < -0.3 is 33.8 Å². The first-order chi connectivity index (χ1) is 44.7.